The largest absolute Gasteiger partial charge is 0.0775 e. The fraction of sp³-hybridized carbons (Fsp3) is 0.400. The van der Waals surface area contributed by atoms with Crippen LogP contribution in [0, 0.1) is 0 Å². The van der Waals surface area contributed by atoms with Crippen molar-refractivity contribution in [3.63, 3.8) is 0 Å². The van der Waals surface area contributed by atoms with Crippen LogP contribution in [0.25, 0.3) is 0 Å². The molecule has 0 bridgehead atoms. The monoisotopic (exact) mass is 212 g/mol. The van der Waals surface area contributed by atoms with Gasteiger partial charge in [-0.15, -0.1) is 0 Å². The number of rotatable bonds is 0. The topological polar surface area (TPSA) is 0 Å². The van der Waals surface area contributed by atoms with E-state index >= 15 is 0 Å². The van der Waals surface area contributed by atoms with Crippen molar-refractivity contribution in [3.8, 4) is 0 Å². The molecule has 0 saturated heterocycles. The first-order chi connectivity index (χ1) is 5.11. The molecule has 0 spiro atoms. The molecule has 0 radical (unpaired) electrons. The van der Waals surface area contributed by atoms with Crippen LogP contribution in [0.3, 0.4) is 0 Å². The lowest BCUT2D eigenvalue weighted by molar-refractivity contribution is 1.19. The minimum absolute atomic E-state index is 1.07. The Morgan fingerprint density at radius 2 is 1.91 bits per heavy atom. The van der Waals surface area contributed by atoms with E-state index < -0.39 is 0 Å². The molecule has 0 atom stereocenters. The van der Waals surface area contributed by atoms with E-state index in [4.69, 9.17) is 0 Å². The second kappa shape index (κ2) is 3.40. The molecular formula is C10H13Br. The van der Waals surface area contributed by atoms with Crippen molar-refractivity contribution in [1.29, 1.82) is 0 Å². The minimum atomic E-state index is 1.07. The smallest absolute Gasteiger partial charge is 0.0196 e. The van der Waals surface area contributed by atoms with E-state index in [0.717, 1.165) is 6.42 Å². The van der Waals surface area contributed by atoms with Crippen LogP contribution in [0.4, 0.5) is 0 Å². The van der Waals surface area contributed by atoms with Gasteiger partial charge in [-0.05, 0) is 32.8 Å². The number of hydrogen-bond donors (Lipinski definition) is 0. The van der Waals surface area contributed by atoms with Crippen molar-refractivity contribution >= 4 is 15.9 Å². The average Bonchev–Trinajstić information content (AvgIpc) is 2.05. The molecule has 60 valence electrons. The third kappa shape index (κ3) is 2.06. The van der Waals surface area contributed by atoms with Gasteiger partial charge >= 0.3 is 0 Å². The number of hydrogen-bond acceptors (Lipinski definition) is 0. The van der Waals surface area contributed by atoms with Crippen LogP contribution in [0.2, 0.25) is 0 Å². The third-order valence-electron chi connectivity index (χ3n) is 1.90. The Bertz CT molecular complexity index is 254. The van der Waals surface area contributed by atoms with Crippen molar-refractivity contribution in [2.24, 2.45) is 0 Å². The van der Waals surface area contributed by atoms with E-state index in [9.17, 15) is 0 Å². The van der Waals surface area contributed by atoms with Crippen LogP contribution in [-0.4, -0.2) is 0 Å². The van der Waals surface area contributed by atoms with Gasteiger partial charge in [0.2, 0.25) is 0 Å². The molecule has 0 fully saturated rings. The van der Waals surface area contributed by atoms with Gasteiger partial charge in [-0.3, -0.25) is 0 Å². The van der Waals surface area contributed by atoms with Gasteiger partial charge in [-0.25, -0.2) is 0 Å². The molecule has 1 rings (SSSR count). The summed E-state index contributed by atoms with van der Waals surface area (Å²) in [7, 11) is 0. The molecule has 0 amide bonds. The molecule has 1 heteroatoms. The third-order valence-corrected chi connectivity index (χ3v) is 3.20. The summed E-state index contributed by atoms with van der Waals surface area (Å²) in [5, 5.41) is 0. The van der Waals surface area contributed by atoms with E-state index in [1.165, 1.54) is 21.2 Å². The molecule has 0 heterocycles. The summed E-state index contributed by atoms with van der Waals surface area (Å²) >= 11 is 3.57. The molecule has 0 aromatic rings. The standard InChI is InChI=1S/C10H13Br/c1-7-4-5-8(2)10(11)9(3)6-7/h4,6H,5H2,1-3H3. The molecule has 1 aliphatic carbocycles. The average molecular weight is 213 g/mol. The van der Waals surface area contributed by atoms with Crippen LogP contribution in [0.1, 0.15) is 27.2 Å². The first-order valence-electron chi connectivity index (χ1n) is 3.82. The summed E-state index contributed by atoms with van der Waals surface area (Å²) in [5.74, 6) is 0. The molecule has 1 aliphatic rings. The predicted octanol–water partition coefficient (Wildman–Crippen LogP) is 3.95. The lowest BCUT2D eigenvalue weighted by atomic mass is 10.2. The highest BCUT2D eigenvalue weighted by Gasteiger charge is 2.03. The maximum atomic E-state index is 3.57. The lowest BCUT2D eigenvalue weighted by Gasteiger charge is -2.00. The van der Waals surface area contributed by atoms with Gasteiger partial charge in [0, 0.05) is 4.48 Å². The quantitative estimate of drug-likeness (QED) is 0.571. The van der Waals surface area contributed by atoms with Gasteiger partial charge < -0.3 is 0 Å². The van der Waals surface area contributed by atoms with Crippen LogP contribution >= 0.6 is 15.9 Å². The SMILES string of the molecule is CC1=CCC(C)=C(Br)C(C)=C1. The molecule has 0 N–H and O–H groups in total. The summed E-state index contributed by atoms with van der Waals surface area (Å²) in [5.41, 5.74) is 4.10. The molecular weight excluding hydrogens is 200 g/mol. The first-order valence-corrected chi connectivity index (χ1v) is 4.61. The number of allylic oxidation sites excluding steroid dienone is 6. The van der Waals surface area contributed by atoms with E-state index in [2.05, 4.69) is 48.9 Å². The van der Waals surface area contributed by atoms with Crippen LogP contribution in [-0.2, 0) is 0 Å². The summed E-state index contributed by atoms with van der Waals surface area (Å²) in [6.07, 6.45) is 5.54. The second-order valence-corrected chi connectivity index (χ2v) is 3.87. The Hall–Kier alpha value is -0.300. The molecule has 0 saturated carbocycles. The van der Waals surface area contributed by atoms with Gasteiger partial charge in [-0.2, -0.15) is 0 Å². The molecule has 0 aliphatic heterocycles. The summed E-state index contributed by atoms with van der Waals surface area (Å²) < 4.78 is 1.27. The summed E-state index contributed by atoms with van der Waals surface area (Å²) in [4.78, 5) is 0. The molecule has 0 unspecified atom stereocenters. The highest BCUT2D eigenvalue weighted by Crippen LogP contribution is 2.27. The van der Waals surface area contributed by atoms with Crippen LogP contribution < -0.4 is 0 Å². The Kier molecular flexibility index (Phi) is 2.72. The second-order valence-electron chi connectivity index (χ2n) is 3.07. The predicted molar refractivity (Wildman–Crippen MR) is 53.8 cm³/mol. The van der Waals surface area contributed by atoms with Crippen molar-refractivity contribution in [2.75, 3.05) is 0 Å². The Morgan fingerprint density at radius 3 is 2.55 bits per heavy atom. The molecule has 0 aromatic carbocycles. The number of halogens is 1. The summed E-state index contributed by atoms with van der Waals surface area (Å²) in [6.45, 7) is 6.44. The Labute approximate surface area is 76.8 Å². The minimum Gasteiger partial charge on any atom is -0.0775 e. The van der Waals surface area contributed by atoms with Crippen molar-refractivity contribution < 1.29 is 0 Å². The highest BCUT2D eigenvalue weighted by molar-refractivity contribution is 9.12. The zero-order chi connectivity index (χ0) is 8.43. The zero-order valence-electron chi connectivity index (χ0n) is 7.24. The van der Waals surface area contributed by atoms with E-state index in [0.29, 0.717) is 0 Å². The summed E-state index contributed by atoms with van der Waals surface area (Å²) in [6, 6.07) is 0. The maximum absolute atomic E-state index is 3.57. The molecule has 0 nitrogen and oxygen atoms in total. The van der Waals surface area contributed by atoms with Crippen LogP contribution in [0.15, 0.2) is 33.4 Å². The van der Waals surface area contributed by atoms with Gasteiger partial charge in [0.05, 0.1) is 0 Å². The first kappa shape index (κ1) is 8.79. The molecule has 11 heavy (non-hydrogen) atoms. The van der Waals surface area contributed by atoms with Gasteiger partial charge in [-0.1, -0.05) is 39.2 Å². The van der Waals surface area contributed by atoms with Crippen molar-refractivity contribution in [1.82, 2.24) is 0 Å². The van der Waals surface area contributed by atoms with Gasteiger partial charge in [0.25, 0.3) is 0 Å². The van der Waals surface area contributed by atoms with Crippen molar-refractivity contribution in [3.05, 3.63) is 33.4 Å². The Morgan fingerprint density at radius 1 is 1.27 bits per heavy atom. The lowest BCUT2D eigenvalue weighted by Crippen LogP contribution is -1.79. The fourth-order valence-electron chi connectivity index (χ4n) is 1.20. The zero-order valence-corrected chi connectivity index (χ0v) is 8.83. The Balaban J connectivity index is 3.05. The van der Waals surface area contributed by atoms with Gasteiger partial charge in [0.1, 0.15) is 0 Å². The molecule has 0 aromatic heterocycles. The maximum Gasteiger partial charge on any atom is 0.0196 e. The normalized spacial score (nSPS) is 19.3. The van der Waals surface area contributed by atoms with Crippen molar-refractivity contribution in [2.45, 2.75) is 27.2 Å². The van der Waals surface area contributed by atoms with Crippen LogP contribution in [0.5, 0.6) is 0 Å². The van der Waals surface area contributed by atoms with E-state index in [1.54, 1.807) is 0 Å². The van der Waals surface area contributed by atoms with E-state index in [1.807, 2.05) is 0 Å². The fourth-order valence-corrected chi connectivity index (χ4v) is 1.48. The van der Waals surface area contributed by atoms with Gasteiger partial charge in [0.15, 0.2) is 0 Å². The highest BCUT2D eigenvalue weighted by atomic mass is 79.9. The van der Waals surface area contributed by atoms with E-state index in [-0.39, 0.29) is 0 Å².